The summed E-state index contributed by atoms with van der Waals surface area (Å²) in [5.41, 5.74) is 5.98. The van der Waals surface area contributed by atoms with E-state index in [1.807, 2.05) is 0 Å². The Bertz CT molecular complexity index is 199. The lowest BCUT2D eigenvalue weighted by molar-refractivity contribution is 0.143. The largest absolute Gasteiger partial charge is 0.324 e. The monoisotopic (exact) mass is 196 g/mol. The zero-order valence-corrected chi connectivity index (χ0v) is 9.60. The van der Waals surface area contributed by atoms with Crippen LogP contribution in [0.5, 0.6) is 0 Å². The van der Waals surface area contributed by atoms with Crippen molar-refractivity contribution in [3.63, 3.8) is 0 Å². The van der Waals surface area contributed by atoms with Gasteiger partial charge in [0.2, 0.25) is 6.29 Å². The van der Waals surface area contributed by atoms with E-state index in [4.69, 9.17) is 5.73 Å². The van der Waals surface area contributed by atoms with E-state index in [1.165, 1.54) is 6.42 Å². The molecule has 0 aromatic heterocycles. The van der Waals surface area contributed by atoms with Crippen molar-refractivity contribution in [3.05, 3.63) is 0 Å². The first-order valence-electron chi connectivity index (χ1n) is 5.57. The molecule has 0 aromatic carbocycles. The second-order valence-electron chi connectivity index (χ2n) is 5.71. The SMILES string of the molecule is CC(C)(C)C([C]=O)C1(N)CCCCC1. The molecule has 1 rings (SSSR count). The highest BCUT2D eigenvalue weighted by molar-refractivity contribution is 5.58. The summed E-state index contributed by atoms with van der Waals surface area (Å²) in [7, 11) is 0. The summed E-state index contributed by atoms with van der Waals surface area (Å²) >= 11 is 0. The molecule has 1 aliphatic rings. The molecule has 0 bridgehead atoms. The van der Waals surface area contributed by atoms with E-state index in [-0.39, 0.29) is 16.9 Å². The Balaban J connectivity index is 2.81. The Morgan fingerprint density at radius 1 is 1.21 bits per heavy atom. The van der Waals surface area contributed by atoms with Crippen LogP contribution in [0.3, 0.4) is 0 Å². The minimum atomic E-state index is -0.293. The lowest BCUT2D eigenvalue weighted by Crippen LogP contribution is -2.53. The van der Waals surface area contributed by atoms with E-state index in [0.717, 1.165) is 25.7 Å². The van der Waals surface area contributed by atoms with Crippen molar-refractivity contribution < 1.29 is 4.79 Å². The van der Waals surface area contributed by atoms with Crippen molar-refractivity contribution in [1.29, 1.82) is 0 Å². The van der Waals surface area contributed by atoms with Crippen LogP contribution in [0, 0.1) is 11.3 Å². The summed E-state index contributed by atoms with van der Waals surface area (Å²) in [5, 5.41) is 0. The van der Waals surface area contributed by atoms with Crippen molar-refractivity contribution in [1.82, 2.24) is 0 Å². The third kappa shape index (κ3) is 2.35. The quantitative estimate of drug-likeness (QED) is 0.737. The van der Waals surface area contributed by atoms with Crippen LogP contribution < -0.4 is 5.73 Å². The summed E-state index contributed by atoms with van der Waals surface area (Å²) < 4.78 is 0. The summed E-state index contributed by atoms with van der Waals surface area (Å²) in [5.74, 6) is -0.129. The van der Waals surface area contributed by atoms with Crippen LogP contribution >= 0.6 is 0 Å². The Kier molecular flexibility index (Phi) is 3.36. The highest BCUT2D eigenvalue weighted by Crippen LogP contribution is 2.40. The first-order chi connectivity index (χ1) is 6.40. The second-order valence-corrected chi connectivity index (χ2v) is 5.71. The fourth-order valence-electron chi connectivity index (χ4n) is 2.66. The molecular formula is C12H22NO. The van der Waals surface area contributed by atoms with Gasteiger partial charge in [0.1, 0.15) is 0 Å². The van der Waals surface area contributed by atoms with Gasteiger partial charge in [-0.15, -0.1) is 0 Å². The van der Waals surface area contributed by atoms with E-state index in [9.17, 15) is 4.79 Å². The van der Waals surface area contributed by atoms with Gasteiger partial charge in [-0.3, -0.25) is 4.79 Å². The summed E-state index contributed by atoms with van der Waals surface area (Å²) in [6, 6.07) is 0. The van der Waals surface area contributed by atoms with E-state index in [2.05, 4.69) is 27.1 Å². The van der Waals surface area contributed by atoms with Crippen LogP contribution in [-0.2, 0) is 4.79 Å². The number of hydrogen-bond donors (Lipinski definition) is 1. The van der Waals surface area contributed by atoms with Gasteiger partial charge < -0.3 is 5.73 Å². The lowest BCUT2D eigenvalue weighted by Gasteiger charge is -2.43. The van der Waals surface area contributed by atoms with E-state index in [0.29, 0.717) is 0 Å². The molecule has 0 aromatic rings. The summed E-state index contributed by atoms with van der Waals surface area (Å²) in [6.45, 7) is 6.23. The van der Waals surface area contributed by atoms with Crippen molar-refractivity contribution in [2.24, 2.45) is 17.1 Å². The topological polar surface area (TPSA) is 43.1 Å². The predicted molar refractivity (Wildman–Crippen MR) is 58.6 cm³/mol. The number of carbonyl (C=O) groups excluding carboxylic acids is 1. The zero-order chi connectivity index (χ0) is 10.8. The zero-order valence-electron chi connectivity index (χ0n) is 9.60. The van der Waals surface area contributed by atoms with Crippen LogP contribution in [0.25, 0.3) is 0 Å². The van der Waals surface area contributed by atoms with E-state index in [1.54, 1.807) is 0 Å². The Labute approximate surface area is 87.2 Å². The highest BCUT2D eigenvalue weighted by Gasteiger charge is 2.42. The number of rotatable bonds is 2. The number of hydrogen-bond acceptors (Lipinski definition) is 2. The molecular weight excluding hydrogens is 174 g/mol. The lowest BCUT2D eigenvalue weighted by atomic mass is 9.64. The Morgan fingerprint density at radius 3 is 2.07 bits per heavy atom. The molecule has 2 N–H and O–H groups in total. The normalized spacial score (nSPS) is 24.3. The molecule has 1 saturated carbocycles. The predicted octanol–water partition coefficient (Wildman–Crippen LogP) is 2.42. The van der Waals surface area contributed by atoms with Gasteiger partial charge in [-0.25, -0.2) is 0 Å². The molecule has 1 fully saturated rings. The number of nitrogens with two attached hydrogens (primary N) is 1. The van der Waals surface area contributed by atoms with Crippen molar-refractivity contribution in [2.75, 3.05) is 0 Å². The molecule has 0 saturated heterocycles. The Hall–Kier alpha value is -0.370. The van der Waals surface area contributed by atoms with Gasteiger partial charge in [0.15, 0.2) is 0 Å². The van der Waals surface area contributed by atoms with E-state index < -0.39 is 0 Å². The molecule has 0 spiro atoms. The van der Waals surface area contributed by atoms with Gasteiger partial charge in [-0.2, -0.15) is 0 Å². The molecule has 0 heterocycles. The second kappa shape index (κ2) is 4.01. The third-order valence-corrected chi connectivity index (χ3v) is 3.34. The van der Waals surface area contributed by atoms with Gasteiger partial charge in [0, 0.05) is 11.5 Å². The van der Waals surface area contributed by atoms with Crippen LogP contribution in [0.2, 0.25) is 0 Å². The average Bonchev–Trinajstić information content (AvgIpc) is 2.03. The molecule has 1 atom stereocenters. The van der Waals surface area contributed by atoms with Gasteiger partial charge in [0.25, 0.3) is 0 Å². The fraction of sp³-hybridized carbons (Fsp3) is 0.917. The van der Waals surface area contributed by atoms with Crippen LogP contribution in [-0.4, -0.2) is 11.8 Å². The first kappa shape index (κ1) is 11.7. The van der Waals surface area contributed by atoms with Crippen LogP contribution in [0.15, 0.2) is 0 Å². The fourth-order valence-corrected chi connectivity index (χ4v) is 2.66. The van der Waals surface area contributed by atoms with Gasteiger partial charge in [-0.1, -0.05) is 40.0 Å². The van der Waals surface area contributed by atoms with Crippen LogP contribution in [0.4, 0.5) is 0 Å². The average molecular weight is 196 g/mol. The minimum Gasteiger partial charge on any atom is -0.324 e. The molecule has 1 unspecified atom stereocenters. The molecule has 2 nitrogen and oxygen atoms in total. The third-order valence-electron chi connectivity index (χ3n) is 3.34. The molecule has 0 amide bonds. The molecule has 14 heavy (non-hydrogen) atoms. The van der Waals surface area contributed by atoms with Gasteiger partial charge in [0.05, 0.1) is 0 Å². The van der Waals surface area contributed by atoms with E-state index >= 15 is 0 Å². The molecule has 81 valence electrons. The molecule has 2 heteroatoms. The van der Waals surface area contributed by atoms with Gasteiger partial charge >= 0.3 is 0 Å². The van der Waals surface area contributed by atoms with Crippen molar-refractivity contribution in [3.8, 4) is 0 Å². The summed E-state index contributed by atoms with van der Waals surface area (Å²) in [4.78, 5) is 11.1. The van der Waals surface area contributed by atoms with Crippen LogP contribution in [0.1, 0.15) is 52.9 Å². The maximum atomic E-state index is 11.1. The smallest absolute Gasteiger partial charge is 0.204 e. The highest BCUT2D eigenvalue weighted by atomic mass is 16.1. The molecule has 1 aliphatic carbocycles. The maximum Gasteiger partial charge on any atom is 0.204 e. The Morgan fingerprint density at radius 2 is 1.71 bits per heavy atom. The standard InChI is InChI=1S/C12H22NO/c1-11(2,3)10(9-14)12(13)7-5-4-6-8-12/h10H,4-8,13H2,1-3H3. The molecule has 0 aliphatic heterocycles. The van der Waals surface area contributed by atoms with Crippen molar-refractivity contribution >= 4 is 6.29 Å². The maximum absolute atomic E-state index is 11.1. The summed E-state index contributed by atoms with van der Waals surface area (Å²) in [6.07, 6.45) is 7.70. The molecule has 1 radical (unpaired) electrons. The minimum absolute atomic E-state index is 0.0617. The van der Waals surface area contributed by atoms with Gasteiger partial charge in [-0.05, 0) is 18.3 Å². The van der Waals surface area contributed by atoms with Crippen molar-refractivity contribution in [2.45, 2.75) is 58.4 Å². The first-order valence-corrected chi connectivity index (χ1v) is 5.57.